The second kappa shape index (κ2) is 5.50. The van der Waals surface area contributed by atoms with Crippen molar-refractivity contribution in [3.8, 4) is 0 Å². The minimum Gasteiger partial charge on any atom is -0.378 e. The molecule has 2 aromatic carbocycles. The van der Waals surface area contributed by atoms with Crippen LogP contribution in [0.4, 0.5) is 5.69 Å². The first kappa shape index (κ1) is 14.1. The highest BCUT2D eigenvalue weighted by atomic mass is 32.2. The van der Waals surface area contributed by atoms with E-state index in [2.05, 4.69) is 28.2 Å². The van der Waals surface area contributed by atoms with E-state index in [1.807, 2.05) is 12.1 Å². The van der Waals surface area contributed by atoms with Gasteiger partial charge in [0.25, 0.3) is 0 Å². The monoisotopic (exact) mass is 302 g/mol. The Balaban J connectivity index is 1.86. The van der Waals surface area contributed by atoms with Gasteiger partial charge >= 0.3 is 0 Å². The fourth-order valence-electron chi connectivity index (χ4n) is 2.78. The zero-order valence-electron chi connectivity index (χ0n) is 11.8. The van der Waals surface area contributed by atoms with Gasteiger partial charge in [-0.25, -0.2) is 13.1 Å². The molecule has 0 amide bonds. The summed E-state index contributed by atoms with van der Waals surface area (Å²) < 4.78 is 26.0. The summed E-state index contributed by atoms with van der Waals surface area (Å²) in [6, 6.07) is 15.6. The smallest absolute Gasteiger partial charge is 0.240 e. The summed E-state index contributed by atoms with van der Waals surface area (Å²) in [6.07, 6.45) is 2.09. The number of hydrogen-bond acceptors (Lipinski definition) is 3. The molecule has 0 aliphatic heterocycles. The summed E-state index contributed by atoms with van der Waals surface area (Å²) in [4.78, 5) is 0.279. The Kier molecular flexibility index (Phi) is 3.69. The first-order valence-corrected chi connectivity index (χ1v) is 8.46. The molecule has 3 rings (SSSR count). The van der Waals surface area contributed by atoms with Crippen molar-refractivity contribution in [1.29, 1.82) is 0 Å². The summed E-state index contributed by atoms with van der Waals surface area (Å²) in [6.45, 7) is 0. The molecule has 110 valence electrons. The van der Waals surface area contributed by atoms with Crippen molar-refractivity contribution < 1.29 is 8.42 Å². The number of hydrogen-bond donors (Lipinski definition) is 2. The molecule has 2 aromatic rings. The van der Waals surface area contributed by atoms with Gasteiger partial charge < -0.3 is 5.32 Å². The molecule has 4 nitrogen and oxygen atoms in total. The number of rotatable bonds is 4. The minimum absolute atomic E-state index is 0.244. The number of benzene rings is 2. The minimum atomic E-state index is -3.40. The topological polar surface area (TPSA) is 58.2 Å². The number of anilines is 1. The van der Waals surface area contributed by atoms with Crippen LogP contribution in [0, 0.1) is 0 Å². The molecule has 21 heavy (non-hydrogen) atoms. The second-order valence-electron chi connectivity index (χ2n) is 5.17. The lowest BCUT2D eigenvalue weighted by molar-refractivity contribution is 0.588. The Hall–Kier alpha value is -1.85. The van der Waals surface area contributed by atoms with Crippen LogP contribution in [-0.4, -0.2) is 15.5 Å². The number of nitrogens with one attached hydrogen (secondary N) is 2. The third-order valence-electron chi connectivity index (χ3n) is 3.89. The average molecular weight is 302 g/mol. The van der Waals surface area contributed by atoms with Gasteiger partial charge in [-0.2, -0.15) is 0 Å². The summed E-state index contributed by atoms with van der Waals surface area (Å²) in [5.74, 6) is 0. The summed E-state index contributed by atoms with van der Waals surface area (Å²) in [5.41, 5.74) is 3.50. The summed E-state index contributed by atoms with van der Waals surface area (Å²) in [5, 5.41) is 3.44. The van der Waals surface area contributed by atoms with E-state index in [0.717, 1.165) is 18.5 Å². The van der Waals surface area contributed by atoms with Gasteiger partial charge in [0.1, 0.15) is 0 Å². The number of sulfonamides is 1. The molecule has 0 saturated heterocycles. The Morgan fingerprint density at radius 2 is 1.90 bits per heavy atom. The summed E-state index contributed by atoms with van der Waals surface area (Å²) >= 11 is 0. The van der Waals surface area contributed by atoms with Crippen LogP contribution < -0.4 is 10.0 Å². The van der Waals surface area contributed by atoms with Crippen LogP contribution in [0.15, 0.2) is 53.4 Å². The highest BCUT2D eigenvalue weighted by molar-refractivity contribution is 7.89. The first-order chi connectivity index (χ1) is 10.1. The predicted octanol–water partition coefficient (Wildman–Crippen LogP) is 2.69. The van der Waals surface area contributed by atoms with Gasteiger partial charge in [0.05, 0.1) is 10.9 Å². The van der Waals surface area contributed by atoms with E-state index in [1.54, 1.807) is 18.2 Å². The SMILES string of the molecule is CNS(=O)(=O)c1cccc(NC2CCc3ccccc32)c1. The quantitative estimate of drug-likeness (QED) is 0.913. The molecule has 1 unspecified atom stereocenters. The van der Waals surface area contributed by atoms with E-state index in [0.29, 0.717) is 0 Å². The third-order valence-corrected chi connectivity index (χ3v) is 5.30. The average Bonchev–Trinajstić information content (AvgIpc) is 2.91. The molecule has 1 aliphatic carbocycles. The molecule has 0 radical (unpaired) electrons. The maximum atomic E-state index is 11.8. The van der Waals surface area contributed by atoms with Crippen molar-refractivity contribution in [2.75, 3.05) is 12.4 Å². The van der Waals surface area contributed by atoms with Crippen LogP contribution in [-0.2, 0) is 16.4 Å². The van der Waals surface area contributed by atoms with Crippen LogP contribution in [0.1, 0.15) is 23.6 Å². The zero-order valence-corrected chi connectivity index (χ0v) is 12.7. The Bertz CT molecular complexity index is 756. The van der Waals surface area contributed by atoms with Gasteiger partial charge in [0, 0.05) is 5.69 Å². The molecule has 0 saturated carbocycles. The maximum absolute atomic E-state index is 11.8. The van der Waals surface area contributed by atoms with Crippen molar-refractivity contribution >= 4 is 15.7 Å². The van der Waals surface area contributed by atoms with Gasteiger partial charge in [0.2, 0.25) is 10.0 Å². The molecule has 2 N–H and O–H groups in total. The molecule has 0 bridgehead atoms. The molecular weight excluding hydrogens is 284 g/mol. The fraction of sp³-hybridized carbons (Fsp3) is 0.250. The van der Waals surface area contributed by atoms with Crippen LogP contribution in [0.25, 0.3) is 0 Å². The molecule has 1 atom stereocenters. The van der Waals surface area contributed by atoms with E-state index < -0.39 is 10.0 Å². The van der Waals surface area contributed by atoms with Crippen LogP contribution in [0.5, 0.6) is 0 Å². The third kappa shape index (κ3) is 2.80. The molecule has 1 aliphatic rings. The molecule has 0 fully saturated rings. The van der Waals surface area contributed by atoms with Crippen molar-refractivity contribution in [2.24, 2.45) is 0 Å². The highest BCUT2D eigenvalue weighted by Crippen LogP contribution is 2.33. The zero-order chi connectivity index (χ0) is 14.9. The lowest BCUT2D eigenvalue weighted by Crippen LogP contribution is -2.18. The molecule has 5 heteroatoms. The summed E-state index contributed by atoms with van der Waals surface area (Å²) in [7, 11) is -1.99. The van der Waals surface area contributed by atoms with Crippen molar-refractivity contribution in [1.82, 2.24) is 4.72 Å². The Labute approximate surface area is 125 Å². The van der Waals surface area contributed by atoms with Gasteiger partial charge in [-0.1, -0.05) is 30.3 Å². The second-order valence-corrected chi connectivity index (χ2v) is 7.06. The molecule has 0 heterocycles. The number of fused-ring (bicyclic) bond motifs is 1. The van der Waals surface area contributed by atoms with Crippen molar-refractivity contribution in [3.63, 3.8) is 0 Å². The van der Waals surface area contributed by atoms with E-state index >= 15 is 0 Å². The Morgan fingerprint density at radius 3 is 2.71 bits per heavy atom. The van der Waals surface area contributed by atoms with E-state index in [-0.39, 0.29) is 10.9 Å². The maximum Gasteiger partial charge on any atom is 0.240 e. The Morgan fingerprint density at radius 1 is 1.10 bits per heavy atom. The highest BCUT2D eigenvalue weighted by Gasteiger charge is 2.22. The predicted molar refractivity (Wildman–Crippen MR) is 83.8 cm³/mol. The van der Waals surface area contributed by atoms with E-state index in [1.165, 1.54) is 18.2 Å². The van der Waals surface area contributed by atoms with Crippen molar-refractivity contribution in [3.05, 3.63) is 59.7 Å². The largest absolute Gasteiger partial charge is 0.378 e. The molecule has 0 spiro atoms. The van der Waals surface area contributed by atoms with Gasteiger partial charge in [-0.3, -0.25) is 0 Å². The van der Waals surface area contributed by atoms with E-state index in [4.69, 9.17) is 0 Å². The van der Waals surface area contributed by atoms with Gasteiger partial charge in [0.15, 0.2) is 0 Å². The van der Waals surface area contributed by atoms with Gasteiger partial charge in [-0.15, -0.1) is 0 Å². The van der Waals surface area contributed by atoms with Crippen molar-refractivity contribution in [2.45, 2.75) is 23.8 Å². The van der Waals surface area contributed by atoms with Crippen LogP contribution in [0.2, 0.25) is 0 Å². The molecule has 0 aromatic heterocycles. The first-order valence-electron chi connectivity index (χ1n) is 6.98. The van der Waals surface area contributed by atoms with Gasteiger partial charge in [-0.05, 0) is 49.2 Å². The van der Waals surface area contributed by atoms with E-state index in [9.17, 15) is 8.42 Å². The fourth-order valence-corrected chi connectivity index (χ4v) is 3.55. The molecular formula is C16H18N2O2S. The lowest BCUT2D eigenvalue weighted by atomic mass is 10.1. The standard InChI is InChI=1S/C16H18N2O2S/c1-17-21(19,20)14-7-4-6-13(11-14)18-16-10-9-12-5-2-3-8-15(12)16/h2-8,11,16-18H,9-10H2,1H3. The lowest BCUT2D eigenvalue weighted by Gasteiger charge is -2.16. The number of aryl methyl sites for hydroxylation is 1. The normalized spacial score (nSPS) is 17.5. The van der Waals surface area contributed by atoms with Crippen LogP contribution >= 0.6 is 0 Å². The van der Waals surface area contributed by atoms with Crippen LogP contribution in [0.3, 0.4) is 0 Å².